The topological polar surface area (TPSA) is 67.8 Å². The number of hydrogen-bond acceptors (Lipinski definition) is 4. The van der Waals surface area contributed by atoms with E-state index >= 15 is 0 Å². The minimum Gasteiger partial charge on any atom is -0.490 e. The Morgan fingerprint density at radius 3 is 2.89 bits per heavy atom. The number of carbonyl (C=O) groups excluding carboxylic acids is 1. The van der Waals surface area contributed by atoms with E-state index in [1.165, 1.54) is 0 Å². The van der Waals surface area contributed by atoms with E-state index < -0.39 is 0 Å². The van der Waals surface area contributed by atoms with Gasteiger partial charge in [0.25, 0.3) is 5.91 Å². The number of amides is 1. The SMILES string of the molecule is C=CCNC(=O)COc1c(CO)cccc1OCC. The van der Waals surface area contributed by atoms with Crippen molar-refractivity contribution >= 4 is 5.91 Å². The number of benzene rings is 1. The molecule has 1 amide bonds. The summed E-state index contributed by atoms with van der Waals surface area (Å²) in [6, 6.07) is 5.22. The van der Waals surface area contributed by atoms with Crippen molar-refractivity contribution in [3.8, 4) is 11.5 Å². The van der Waals surface area contributed by atoms with E-state index in [0.717, 1.165) is 0 Å². The molecule has 1 aromatic rings. The molecule has 2 N–H and O–H groups in total. The Kier molecular flexibility index (Phi) is 6.46. The third kappa shape index (κ3) is 4.63. The van der Waals surface area contributed by atoms with E-state index in [0.29, 0.717) is 30.2 Å². The molecule has 0 aliphatic rings. The van der Waals surface area contributed by atoms with Crippen molar-refractivity contribution < 1.29 is 19.4 Å². The summed E-state index contributed by atoms with van der Waals surface area (Å²) in [6.45, 7) is 5.92. The predicted molar refractivity (Wildman–Crippen MR) is 72.2 cm³/mol. The molecule has 0 unspecified atom stereocenters. The van der Waals surface area contributed by atoms with Crippen LogP contribution in [-0.2, 0) is 11.4 Å². The first-order valence-electron chi connectivity index (χ1n) is 6.08. The molecule has 0 bridgehead atoms. The van der Waals surface area contributed by atoms with E-state index in [2.05, 4.69) is 11.9 Å². The number of rotatable bonds is 8. The summed E-state index contributed by atoms with van der Waals surface area (Å²) in [5, 5.41) is 11.9. The van der Waals surface area contributed by atoms with Crippen LogP contribution in [0.3, 0.4) is 0 Å². The fraction of sp³-hybridized carbons (Fsp3) is 0.357. The molecule has 0 radical (unpaired) electrons. The second kappa shape index (κ2) is 8.16. The molecule has 5 nitrogen and oxygen atoms in total. The summed E-state index contributed by atoms with van der Waals surface area (Å²) in [4.78, 5) is 11.5. The van der Waals surface area contributed by atoms with Crippen LogP contribution in [0.4, 0.5) is 0 Å². The fourth-order valence-electron chi connectivity index (χ4n) is 1.49. The lowest BCUT2D eigenvalue weighted by molar-refractivity contribution is -0.122. The minimum absolute atomic E-state index is 0.134. The van der Waals surface area contributed by atoms with Gasteiger partial charge < -0.3 is 19.9 Å². The molecule has 0 heterocycles. The van der Waals surface area contributed by atoms with Crippen LogP contribution in [0.2, 0.25) is 0 Å². The van der Waals surface area contributed by atoms with Crippen molar-refractivity contribution in [1.29, 1.82) is 0 Å². The number of aliphatic hydroxyl groups excluding tert-OH is 1. The van der Waals surface area contributed by atoms with Crippen LogP contribution in [0, 0.1) is 0 Å². The van der Waals surface area contributed by atoms with E-state index in [9.17, 15) is 9.90 Å². The third-order valence-corrected chi connectivity index (χ3v) is 2.32. The zero-order valence-corrected chi connectivity index (χ0v) is 11.0. The van der Waals surface area contributed by atoms with Crippen LogP contribution in [0.15, 0.2) is 30.9 Å². The highest BCUT2D eigenvalue weighted by molar-refractivity contribution is 5.77. The van der Waals surface area contributed by atoms with Crippen molar-refractivity contribution in [2.75, 3.05) is 19.8 Å². The molecule has 104 valence electrons. The van der Waals surface area contributed by atoms with Crippen LogP contribution in [-0.4, -0.2) is 30.8 Å². The lowest BCUT2D eigenvalue weighted by Gasteiger charge is -2.14. The summed E-state index contributed by atoms with van der Waals surface area (Å²) in [5.41, 5.74) is 0.586. The third-order valence-electron chi connectivity index (χ3n) is 2.32. The van der Waals surface area contributed by atoms with Gasteiger partial charge in [0.1, 0.15) is 0 Å². The molecule has 0 aliphatic heterocycles. The normalized spacial score (nSPS) is 9.79. The monoisotopic (exact) mass is 265 g/mol. The summed E-state index contributed by atoms with van der Waals surface area (Å²) >= 11 is 0. The first-order chi connectivity index (χ1) is 9.22. The second-order valence-electron chi connectivity index (χ2n) is 3.72. The van der Waals surface area contributed by atoms with Gasteiger partial charge in [-0.2, -0.15) is 0 Å². The van der Waals surface area contributed by atoms with Gasteiger partial charge in [-0.15, -0.1) is 6.58 Å². The quantitative estimate of drug-likeness (QED) is 0.694. The van der Waals surface area contributed by atoms with Gasteiger partial charge in [-0.25, -0.2) is 0 Å². The van der Waals surface area contributed by atoms with Gasteiger partial charge in [-0.3, -0.25) is 4.79 Å². The molecule has 0 fully saturated rings. The first-order valence-corrected chi connectivity index (χ1v) is 6.08. The van der Waals surface area contributed by atoms with Crippen molar-refractivity contribution in [2.45, 2.75) is 13.5 Å². The maximum absolute atomic E-state index is 11.5. The summed E-state index contributed by atoms with van der Waals surface area (Å²) < 4.78 is 10.8. The Labute approximate surface area is 112 Å². The Bertz CT molecular complexity index is 431. The highest BCUT2D eigenvalue weighted by Gasteiger charge is 2.12. The standard InChI is InChI=1S/C14H19NO4/c1-3-8-15-13(17)10-19-14-11(9-16)6-5-7-12(14)18-4-2/h3,5-7,16H,1,4,8-10H2,2H3,(H,15,17). The first kappa shape index (κ1) is 15.0. The smallest absolute Gasteiger partial charge is 0.258 e. The molecule has 1 rings (SSSR count). The van der Waals surface area contributed by atoms with Crippen LogP contribution in [0.1, 0.15) is 12.5 Å². The Balaban J connectivity index is 2.74. The number of aliphatic hydroxyl groups is 1. The van der Waals surface area contributed by atoms with Crippen molar-refractivity contribution in [1.82, 2.24) is 5.32 Å². The van der Waals surface area contributed by atoms with Crippen LogP contribution < -0.4 is 14.8 Å². The Morgan fingerprint density at radius 2 is 2.26 bits per heavy atom. The lowest BCUT2D eigenvalue weighted by Crippen LogP contribution is -2.29. The van der Waals surface area contributed by atoms with Gasteiger partial charge in [-0.1, -0.05) is 18.2 Å². The van der Waals surface area contributed by atoms with E-state index in [1.54, 1.807) is 24.3 Å². The molecule has 19 heavy (non-hydrogen) atoms. The maximum Gasteiger partial charge on any atom is 0.258 e. The van der Waals surface area contributed by atoms with Gasteiger partial charge in [0.15, 0.2) is 18.1 Å². The lowest BCUT2D eigenvalue weighted by atomic mass is 10.2. The van der Waals surface area contributed by atoms with Gasteiger partial charge in [0, 0.05) is 12.1 Å². The number of ether oxygens (including phenoxy) is 2. The number of carbonyl (C=O) groups is 1. The largest absolute Gasteiger partial charge is 0.490 e. The summed E-state index contributed by atoms with van der Waals surface area (Å²) in [6.07, 6.45) is 1.59. The molecule has 0 aliphatic carbocycles. The maximum atomic E-state index is 11.5. The molecule has 5 heteroatoms. The second-order valence-corrected chi connectivity index (χ2v) is 3.72. The fourth-order valence-corrected chi connectivity index (χ4v) is 1.49. The molecule has 0 saturated heterocycles. The van der Waals surface area contributed by atoms with Gasteiger partial charge in [-0.05, 0) is 13.0 Å². The van der Waals surface area contributed by atoms with Crippen molar-refractivity contribution in [3.05, 3.63) is 36.4 Å². The average Bonchev–Trinajstić information content (AvgIpc) is 2.43. The summed E-state index contributed by atoms with van der Waals surface area (Å²) in [7, 11) is 0. The molecular formula is C14H19NO4. The van der Waals surface area contributed by atoms with Gasteiger partial charge in [0.05, 0.1) is 13.2 Å². The number of nitrogens with one attached hydrogen (secondary N) is 1. The summed E-state index contributed by atoms with van der Waals surface area (Å²) in [5.74, 6) is 0.668. The average molecular weight is 265 g/mol. The van der Waals surface area contributed by atoms with E-state index in [4.69, 9.17) is 9.47 Å². The molecular weight excluding hydrogens is 246 g/mol. The zero-order chi connectivity index (χ0) is 14.1. The van der Waals surface area contributed by atoms with E-state index in [-0.39, 0.29) is 19.1 Å². The van der Waals surface area contributed by atoms with Crippen LogP contribution >= 0.6 is 0 Å². The Morgan fingerprint density at radius 1 is 1.47 bits per heavy atom. The molecule has 0 atom stereocenters. The van der Waals surface area contributed by atoms with Crippen LogP contribution in [0.25, 0.3) is 0 Å². The molecule has 0 aromatic heterocycles. The Hall–Kier alpha value is -2.01. The van der Waals surface area contributed by atoms with Gasteiger partial charge >= 0.3 is 0 Å². The zero-order valence-electron chi connectivity index (χ0n) is 11.0. The molecule has 0 spiro atoms. The van der Waals surface area contributed by atoms with Gasteiger partial charge in [0.2, 0.25) is 0 Å². The van der Waals surface area contributed by atoms with Crippen LogP contribution in [0.5, 0.6) is 11.5 Å². The highest BCUT2D eigenvalue weighted by Crippen LogP contribution is 2.31. The predicted octanol–water partition coefficient (Wildman–Crippen LogP) is 1.26. The highest BCUT2D eigenvalue weighted by atomic mass is 16.5. The number of para-hydroxylation sites is 1. The van der Waals surface area contributed by atoms with E-state index in [1.807, 2.05) is 6.92 Å². The molecule has 0 saturated carbocycles. The van der Waals surface area contributed by atoms with Crippen molar-refractivity contribution in [3.63, 3.8) is 0 Å². The van der Waals surface area contributed by atoms with Crippen molar-refractivity contribution in [2.24, 2.45) is 0 Å². The molecule has 1 aromatic carbocycles. The minimum atomic E-state index is -0.255. The number of hydrogen-bond donors (Lipinski definition) is 2.